The van der Waals surface area contributed by atoms with Crippen molar-refractivity contribution in [2.24, 2.45) is 5.73 Å². The summed E-state index contributed by atoms with van der Waals surface area (Å²) in [5.74, 6) is 0.348. The maximum atomic E-state index is 12.0. The second-order valence-electron chi connectivity index (χ2n) is 5.18. The van der Waals surface area contributed by atoms with Crippen LogP contribution in [0.15, 0.2) is 0 Å². The minimum Gasteiger partial charge on any atom is -0.341 e. The van der Waals surface area contributed by atoms with E-state index in [9.17, 15) is 4.79 Å². The molecular formula is C14H29N3O. The van der Waals surface area contributed by atoms with Gasteiger partial charge in [0.05, 0.1) is 0 Å². The van der Waals surface area contributed by atoms with Crippen LogP contribution in [0.5, 0.6) is 0 Å². The van der Waals surface area contributed by atoms with Crippen LogP contribution in [0.2, 0.25) is 0 Å². The Kier molecular flexibility index (Phi) is 8.01. The lowest BCUT2D eigenvalue weighted by molar-refractivity contribution is -0.131. The molecule has 1 rings (SSSR count). The van der Waals surface area contributed by atoms with Gasteiger partial charge in [0.1, 0.15) is 0 Å². The molecule has 2 N–H and O–H groups in total. The van der Waals surface area contributed by atoms with Crippen LogP contribution in [0.25, 0.3) is 0 Å². The van der Waals surface area contributed by atoms with E-state index in [1.54, 1.807) is 0 Å². The van der Waals surface area contributed by atoms with Crippen molar-refractivity contribution in [1.29, 1.82) is 0 Å². The third-order valence-corrected chi connectivity index (χ3v) is 3.61. The summed E-state index contributed by atoms with van der Waals surface area (Å²) in [7, 11) is 0. The van der Waals surface area contributed by atoms with E-state index >= 15 is 0 Å². The molecule has 0 aromatic carbocycles. The molecule has 1 heterocycles. The molecule has 1 saturated heterocycles. The smallest absolute Gasteiger partial charge is 0.222 e. The second-order valence-corrected chi connectivity index (χ2v) is 5.18. The van der Waals surface area contributed by atoms with Crippen molar-refractivity contribution in [3.05, 3.63) is 0 Å². The Labute approximate surface area is 111 Å². The van der Waals surface area contributed by atoms with Crippen molar-refractivity contribution in [3.8, 4) is 0 Å². The highest BCUT2D eigenvalue weighted by Gasteiger charge is 2.17. The SMILES string of the molecule is CCCCC(=O)N1CCCN(CCCCN)CC1. The molecule has 0 atom stereocenters. The number of amides is 1. The lowest BCUT2D eigenvalue weighted by Crippen LogP contribution is -2.35. The first-order valence-corrected chi connectivity index (χ1v) is 7.48. The highest BCUT2D eigenvalue weighted by Crippen LogP contribution is 2.07. The molecule has 1 aliphatic rings. The fraction of sp³-hybridized carbons (Fsp3) is 0.929. The summed E-state index contributed by atoms with van der Waals surface area (Å²) in [4.78, 5) is 16.5. The zero-order valence-corrected chi connectivity index (χ0v) is 11.9. The van der Waals surface area contributed by atoms with Gasteiger partial charge in [-0.2, -0.15) is 0 Å². The second kappa shape index (κ2) is 9.34. The predicted octanol–water partition coefficient (Wildman–Crippen LogP) is 1.45. The summed E-state index contributed by atoms with van der Waals surface area (Å²) in [5.41, 5.74) is 5.51. The van der Waals surface area contributed by atoms with Crippen LogP contribution in [0.1, 0.15) is 45.4 Å². The number of nitrogens with two attached hydrogens (primary N) is 1. The average molecular weight is 255 g/mol. The molecule has 0 aromatic rings. The van der Waals surface area contributed by atoms with Crippen LogP contribution in [-0.2, 0) is 4.79 Å². The minimum absolute atomic E-state index is 0.348. The van der Waals surface area contributed by atoms with Crippen LogP contribution in [0.3, 0.4) is 0 Å². The van der Waals surface area contributed by atoms with Gasteiger partial charge in [-0.3, -0.25) is 4.79 Å². The van der Waals surface area contributed by atoms with Gasteiger partial charge in [-0.05, 0) is 45.3 Å². The number of rotatable bonds is 7. The van der Waals surface area contributed by atoms with Gasteiger partial charge in [0, 0.05) is 26.1 Å². The standard InChI is InChI=1S/C14H29N3O/c1-2-3-7-14(18)17-11-6-10-16(12-13-17)9-5-4-8-15/h2-13,15H2,1H3. The molecule has 0 unspecified atom stereocenters. The van der Waals surface area contributed by atoms with Crippen molar-refractivity contribution >= 4 is 5.91 Å². The Balaban J connectivity index is 2.25. The van der Waals surface area contributed by atoms with Gasteiger partial charge in [0.25, 0.3) is 0 Å². The molecule has 0 radical (unpaired) electrons. The first-order valence-electron chi connectivity index (χ1n) is 7.48. The molecule has 106 valence electrons. The quantitative estimate of drug-likeness (QED) is 0.701. The van der Waals surface area contributed by atoms with Crippen molar-refractivity contribution < 1.29 is 4.79 Å². The fourth-order valence-electron chi connectivity index (χ4n) is 2.41. The molecule has 4 heteroatoms. The zero-order chi connectivity index (χ0) is 13.2. The van der Waals surface area contributed by atoms with Crippen molar-refractivity contribution in [2.75, 3.05) is 39.3 Å². The van der Waals surface area contributed by atoms with E-state index < -0.39 is 0 Å². The van der Waals surface area contributed by atoms with Crippen molar-refractivity contribution in [3.63, 3.8) is 0 Å². The highest BCUT2D eigenvalue weighted by molar-refractivity contribution is 5.76. The predicted molar refractivity (Wildman–Crippen MR) is 75.5 cm³/mol. The van der Waals surface area contributed by atoms with Crippen molar-refractivity contribution in [2.45, 2.75) is 45.4 Å². The molecule has 0 aliphatic carbocycles. The van der Waals surface area contributed by atoms with Crippen LogP contribution in [0, 0.1) is 0 Å². The van der Waals surface area contributed by atoms with E-state index in [1.807, 2.05) is 0 Å². The van der Waals surface area contributed by atoms with E-state index in [4.69, 9.17) is 5.73 Å². The molecule has 0 bridgehead atoms. The van der Waals surface area contributed by atoms with E-state index in [0.29, 0.717) is 5.91 Å². The number of carbonyl (C=O) groups is 1. The van der Waals surface area contributed by atoms with Gasteiger partial charge in [-0.1, -0.05) is 13.3 Å². The Bertz CT molecular complexity index is 233. The molecule has 18 heavy (non-hydrogen) atoms. The lowest BCUT2D eigenvalue weighted by atomic mass is 10.2. The average Bonchev–Trinajstić information content (AvgIpc) is 2.62. The molecule has 4 nitrogen and oxygen atoms in total. The summed E-state index contributed by atoms with van der Waals surface area (Å²) in [6.45, 7) is 8.06. The van der Waals surface area contributed by atoms with Gasteiger partial charge >= 0.3 is 0 Å². The van der Waals surface area contributed by atoms with E-state index in [2.05, 4.69) is 16.7 Å². The van der Waals surface area contributed by atoms with Gasteiger partial charge in [-0.25, -0.2) is 0 Å². The number of nitrogens with zero attached hydrogens (tertiary/aromatic N) is 2. The van der Waals surface area contributed by atoms with Crippen molar-refractivity contribution in [1.82, 2.24) is 9.80 Å². The molecule has 1 amide bonds. The van der Waals surface area contributed by atoms with Crippen LogP contribution >= 0.6 is 0 Å². The summed E-state index contributed by atoms with van der Waals surface area (Å²) in [6.07, 6.45) is 6.25. The molecular weight excluding hydrogens is 226 g/mol. The summed E-state index contributed by atoms with van der Waals surface area (Å²) in [5, 5.41) is 0. The largest absolute Gasteiger partial charge is 0.341 e. The van der Waals surface area contributed by atoms with Crippen LogP contribution in [0.4, 0.5) is 0 Å². The Morgan fingerprint density at radius 2 is 1.94 bits per heavy atom. The number of carbonyl (C=O) groups excluding carboxylic acids is 1. The fourth-order valence-corrected chi connectivity index (χ4v) is 2.41. The highest BCUT2D eigenvalue weighted by atomic mass is 16.2. The Morgan fingerprint density at radius 3 is 2.67 bits per heavy atom. The van der Waals surface area contributed by atoms with Gasteiger partial charge in [0.15, 0.2) is 0 Å². The first kappa shape index (κ1) is 15.4. The molecule has 0 spiro atoms. The Hall–Kier alpha value is -0.610. The Morgan fingerprint density at radius 1 is 1.11 bits per heavy atom. The maximum Gasteiger partial charge on any atom is 0.222 e. The van der Waals surface area contributed by atoms with Gasteiger partial charge < -0.3 is 15.5 Å². The third kappa shape index (κ3) is 5.83. The normalized spacial score (nSPS) is 17.8. The molecule has 1 fully saturated rings. The number of hydrogen-bond acceptors (Lipinski definition) is 3. The molecule has 1 aliphatic heterocycles. The maximum absolute atomic E-state index is 12.0. The van der Waals surface area contributed by atoms with E-state index in [0.717, 1.165) is 71.4 Å². The monoisotopic (exact) mass is 255 g/mol. The van der Waals surface area contributed by atoms with Gasteiger partial charge in [-0.15, -0.1) is 0 Å². The molecule has 0 aromatic heterocycles. The third-order valence-electron chi connectivity index (χ3n) is 3.61. The number of unbranched alkanes of at least 4 members (excludes halogenated alkanes) is 2. The summed E-state index contributed by atoms with van der Waals surface area (Å²) in [6, 6.07) is 0. The van der Waals surface area contributed by atoms with Gasteiger partial charge in [0.2, 0.25) is 5.91 Å². The van der Waals surface area contributed by atoms with Crippen LogP contribution in [-0.4, -0.2) is 55.0 Å². The molecule has 0 saturated carbocycles. The lowest BCUT2D eigenvalue weighted by Gasteiger charge is -2.22. The summed E-state index contributed by atoms with van der Waals surface area (Å²) >= 11 is 0. The zero-order valence-electron chi connectivity index (χ0n) is 11.9. The minimum atomic E-state index is 0.348. The number of hydrogen-bond donors (Lipinski definition) is 1. The van der Waals surface area contributed by atoms with E-state index in [1.165, 1.54) is 6.42 Å². The van der Waals surface area contributed by atoms with Crippen LogP contribution < -0.4 is 5.73 Å². The summed E-state index contributed by atoms with van der Waals surface area (Å²) < 4.78 is 0. The topological polar surface area (TPSA) is 49.6 Å². The first-order chi connectivity index (χ1) is 8.77. The van der Waals surface area contributed by atoms with E-state index in [-0.39, 0.29) is 0 Å².